The number of hydrogen-bond donors (Lipinski definition) is 0. The van der Waals surface area contributed by atoms with Crippen LogP contribution in [-0.2, 0) is 21.7 Å². The van der Waals surface area contributed by atoms with Crippen LogP contribution in [0.2, 0.25) is 0 Å². The summed E-state index contributed by atoms with van der Waals surface area (Å²) in [5.41, 5.74) is 0. The van der Waals surface area contributed by atoms with Gasteiger partial charge in [0.2, 0.25) is 0 Å². The molecular weight excluding hydrogens is 179 g/mol. The third kappa shape index (κ3) is 441. The van der Waals surface area contributed by atoms with Crippen molar-refractivity contribution in [3.8, 4) is 26.3 Å². The number of nitriles is 4. The summed E-state index contributed by atoms with van der Waals surface area (Å²) in [4.78, 5) is 0. The quantitative estimate of drug-likeness (QED) is 0.470. The van der Waals surface area contributed by atoms with Gasteiger partial charge in [-0.2, -0.15) is 0 Å². The molecule has 0 unspecified atom stereocenters. The van der Waals surface area contributed by atoms with Crippen molar-refractivity contribution in [1.29, 1.82) is 21.0 Å². The van der Waals surface area contributed by atoms with Crippen molar-refractivity contribution in [3.05, 3.63) is 0 Å². The van der Waals surface area contributed by atoms with E-state index in [-0.39, 0.29) is 39.1 Å². The van der Waals surface area contributed by atoms with Crippen molar-refractivity contribution in [2.75, 3.05) is 0 Å². The molecule has 0 saturated heterocycles. The average Bonchev–Trinajstić information content (AvgIpc) is 2.03. The fraction of sp³-hybridized carbons (Fsp3) is 0. The van der Waals surface area contributed by atoms with E-state index in [1.54, 1.807) is 0 Å². The van der Waals surface area contributed by atoms with Crippen LogP contribution in [0.4, 0.5) is 0 Å². The molecule has 0 heterocycles. The van der Waals surface area contributed by atoms with E-state index in [9.17, 15) is 0 Å². The predicted octanol–water partition coefficient (Wildman–Crippen LogP) is -0.627. The first kappa shape index (κ1) is 60.3. The Bertz CT molecular complexity index is 60.2. The van der Waals surface area contributed by atoms with Gasteiger partial charge >= 0.3 is 0 Å². The minimum Gasteiger partial charge on any atom is -0.202 e. The number of rotatable bonds is 0. The fourth-order valence-electron chi connectivity index (χ4n) is 0. The van der Waals surface area contributed by atoms with Gasteiger partial charge in [-0.05, 0) is 0 Å². The second kappa shape index (κ2) is 677. The normalized spacial score (nSPS) is 0.800. The molecule has 0 rings (SSSR count). The summed E-state index contributed by atoms with van der Waals surface area (Å²) in [6.45, 7) is 14.0. The molecule has 50 valence electrons. The van der Waals surface area contributed by atoms with E-state index in [0.29, 0.717) is 0 Å². The average molecular weight is 186 g/mol. The summed E-state index contributed by atoms with van der Waals surface area (Å²) in [6, 6.07) is 0. The zero-order chi connectivity index (χ0) is 8.00. The molecule has 0 amide bonds. The van der Waals surface area contributed by atoms with Gasteiger partial charge in [0.15, 0.2) is 17.4 Å². The summed E-state index contributed by atoms with van der Waals surface area (Å²) in [5.74, 6) is 0. The molecule has 0 aromatic heterocycles. The van der Waals surface area contributed by atoms with Crippen LogP contribution in [0.5, 0.6) is 0 Å². The minimum atomic E-state index is 0. The summed E-state index contributed by atoms with van der Waals surface area (Å²) in [7, 11) is 0. The molecule has 4 nitrogen and oxygen atoms in total. The minimum absolute atomic E-state index is 0. The van der Waals surface area contributed by atoms with Crippen molar-refractivity contribution >= 4 is 17.4 Å². The first-order valence-electron chi connectivity index (χ1n) is 1.03. The Labute approximate surface area is 86.3 Å². The molecule has 0 aliphatic carbocycles. The van der Waals surface area contributed by atoms with Crippen molar-refractivity contribution < 1.29 is 21.7 Å². The van der Waals surface area contributed by atoms with Gasteiger partial charge in [-0.15, -0.1) is 0 Å². The van der Waals surface area contributed by atoms with Crippen LogP contribution in [0.1, 0.15) is 0 Å². The SMILES string of the molecule is C#N.C#N.C#N.C#N.[AlH3].[Ti]. The van der Waals surface area contributed by atoms with Gasteiger partial charge in [-0.3, -0.25) is 0 Å². The largest absolute Gasteiger partial charge is 0.202 e. The third-order valence-corrected chi connectivity index (χ3v) is 0. The van der Waals surface area contributed by atoms with E-state index >= 15 is 0 Å². The Balaban J connectivity index is -0.00000000500. The smallest absolute Gasteiger partial charge is 0.187 e. The van der Waals surface area contributed by atoms with Crippen LogP contribution in [0.15, 0.2) is 0 Å². The predicted molar refractivity (Wildman–Crippen MR) is 36.6 cm³/mol. The zero-order valence-electron chi connectivity index (χ0n) is 4.60. The summed E-state index contributed by atoms with van der Waals surface area (Å²) in [5, 5.41) is 26.0. The second-order valence-corrected chi connectivity index (χ2v) is 0. The van der Waals surface area contributed by atoms with Gasteiger partial charge in [0.1, 0.15) is 0 Å². The standard InChI is InChI=1S/4CHN.Al.Ti.3H/c4*1-2;;;;;/h4*1H;;;;;. The molecule has 0 aliphatic rings. The number of hydrogen-bond acceptors (Lipinski definition) is 4. The molecule has 0 saturated carbocycles. The molecule has 0 aromatic rings. The van der Waals surface area contributed by atoms with Crippen molar-refractivity contribution in [2.24, 2.45) is 0 Å². The van der Waals surface area contributed by atoms with E-state index < -0.39 is 0 Å². The second-order valence-electron chi connectivity index (χ2n) is 0. The summed E-state index contributed by atoms with van der Waals surface area (Å²) in [6.07, 6.45) is 0. The van der Waals surface area contributed by atoms with Crippen molar-refractivity contribution in [2.45, 2.75) is 0 Å². The van der Waals surface area contributed by atoms with E-state index in [1.165, 1.54) is 0 Å². The Kier molecular flexibility index (Phi) is 4080. The topological polar surface area (TPSA) is 95.2 Å². The van der Waals surface area contributed by atoms with E-state index in [0.717, 1.165) is 0 Å². The maximum atomic E-state index is 6.50. The maximum absolute atomic E-state index is 6.50. The van der Waals surface area contributed by atoms with Gasteiger partial charge in [0, 0.05) is 48.0 Å². The van der Waals surface area contributed by atoms with Crippen LogP contribution in [0.25, 0.3) is 0 Å². The van der Waals surface area contributed by atoms with Gasteiger partial charge in [-0.1, -0.05) is 0 Å². The zero-order valence-corrected chi connectivity index (χ0v) is 6.16. The first-order chi connectivity index (χ1) is 4.00. The molecule has 0 aromatic carbocycles. The van der Waals surface area contributed by atoms with Gasteiger partial charge < -0.3 is 0 Å². The van der Waals surface area contributed by atoms with E-state index in [2.05, 4.69) is 26.3 Å². The summed E-state index contributed by atoms with van der Waals surface area (Å²) >= 11 is 0. The van der Waals surface area contributed by atoms with Crippen LogP contribution in [-0.4, -0.2) is 17.4 Å². The third-order valence-electron chi connectivity index (χ3n) is 0. The Morgan fingerprint density at radius 3 is 0.500 bits per heavy atom. The monoisotopic (exact) mass is 186 g/mol. The Morgan fingerprint density at radius 1 is 0.500 bits per heavy atom. The van der Waals surface area contributed by atoms with Crippen LogP contribution < -0.4 is 0 Å². The summed E-state index contributed by atoms with van der Waals surface area (Å²) < 4.78 is 0. The maximum Gasteiger partial charge on any atom is 0.187 e. The van der Waals surface area contributed by atoms with Crippen LogP contribution in [0.3, 0.4) is 0 Å². The van der Waals surface area contributed by atoms with E-state index in [4.69, 9.17) is 21.0 Å². The first-order valence-corrected chi connectivity index (χ1v) is 1.03. The fourth-order valence-corrected chi connectivity index (χ4v) is 0. The van der Waals surface area contributed by atoms with Crippen molar-refractivity contribution in [3.63, 3.8) is 0 Å². The van der Waals surface area contributed by atoms with Gasteiger partial charge in [0.05, 0.1) is 0 Å². The van der Waals surface area contributed by atoms with Crippen LogP contribution >= 0.6 is 0 Å². The number of nitrogens with zero attached hydrogens (tertiary/aromatic N) is 4. The van der Waals surface area contributed by atoms with Gasteiger partial charge in [0.25, 0.3) is 0 Å². The molecule has 0 fully saturated rings. The van der Waals surface area contributed by atoms with Crippen LogP contribution in [0, 0.1) is 47.3 Å². The molecular formula is C4H7AlN4Ti. The van der Waals surface area contributed by atoms with Crippen molar-refractivity contribution in [1.82, 2.24) is 0 Å². The Morgan fingerprint density at radius 2 is 0.500 bits per heavy atom. The molecule has 0 bridgehead atoms. The molecule has 0 aliphatic heterocycles. The van der Waals surface area contributed by atoms with Gasteiger partial charge in [-0.25, -0.2) is 21.0 Å². The molecule has 0 radical (unpaired) electrons. The molecule has 10 heavy (non-hydrogen) atoms. The van der Waals surface area contributed by atoms with E-state index in [1.807, 2.05) is 0 Å². The molecule has 6 heteroatoms. The molecule has 0 spiro atoms. The molecule has 0 N–H and O–H groups in total. The Hall–Kier alpha value is -0.793. The molecule has 0 atom stereocenters.